The second-order valence-corrected chi connectivity index (χ2v) is 7.92. The van der Waals surface area contributed by atoms with Crippen LogP contribution in [0.3, 0.4) is 0 Å². The van der Waals surface area contributed by atoms with E-state index in [1.54, 1.807) is 0 Å². The molecule has 0 atom stereocenters. The summed E-state index contributed by atoms with van der Waals surface area (Å²) in [6, 6.07) is 12.4. The molecule has 0 aliphatic carbocycles. The molecule has 2 aliphatic rings. The zero-order valence-electron chi connectivity index (χ0n) is 14.3. The number of hydrogen-bond donors (Lipinski definition) is 1. The first-order valence-corrected chi connectivity index (χ1v) is 9.51. The topological polar surface area (TPSA) is 43.8 Å². The van der Waals surface area contributed by atoms with Gasteiger partial charge in [-0.2, -0.15) is 0 Å². The fraction of sp³-hybridized carbons (Fsp3) is 0.350. The van der Waals surface area contributed by atoms with Crippen molar-refractivity contribution in [3.63, 3.8) is 0 Å². The van der Waals surface area contributed by atoms with E-state index in [1.807, 2.05) is 18.2 Å². The fourth-order valence-electron chi connectivity index (χ4n) is 3.72. The lowest BCUT2D eigenvalue weighted by molar-refractivity contribution is -0.147. The van der Waals surface area contributed by atoms with E-state index in [0.29, 0.717) is 23.1 Å². The number of anilines is 1. The fourth-order valence-corrected chi connectivity index (χ4v) is 4.01. The summed E-state index contributed by atoms with van der Waals surface area (Å²) in [7, 11) is 0. The van der Waals surface area contributed by atoms with E-state index in [1.165, 1.54) is 16.7 Å². The minimum Gasteiger partial charge on any atom is -0.481 e. The third-order valence-electron chi connectivity index (χ3n) is 5.26. The van der Waals surface area contributed by atoms with Crippen molar-refractivity contribution in [2.45, 2.75) is 19.5 Å². The van der Waals surface area contributed by atoms with Crippen molar-refractivity contribution in [2.75, 3.05) is 24.5 Å². The van der Waals surface area contributed by atoms with Gasteiger partial charge in [-0.05, 0) is 41.3 Å². The normalized spacial score (nSPS) is 17.7. The lowest BCUT2D eigenvalue weighted by Gasteiger charge is -2.37. The van der Waals surface area contributed by atoms with Crippen LogP contribution in [-0.2, 0) is 24.3 Å². The van der Waals surface area contributed by atoms with Crippen LogP contribution < -0.4 is 4.90 Å². The quantitative estimate of drug-likeness (QED) is 0.854. The van der Waals surface area contributed by atoms with E-state index in [9.17, 15) is 4.79 Å². The number of nitrogens with zero attached hydrogens (tertiary/aromatic N) is 2. The first kappa shape index (κ1) is 17.7. The van der Waals surface area contributed by atoms with Crippen molar-refractivity contribution in [1.29, 1.82) is 0 Å². The maximum Gasteiger partial charge on any atom is 0.309 e. The van der Waals surface area contributed by atoms with E-state index >= 15 is 0 Å². The average molecular weight is 391 g/mol. The number of hydrogen-bond acceptors (Lipinski definition) is 3. The van der Waals surface area contributed by atoms with Crippen LogP contribution >= 0.6 is 23.2 Å². The zero-order chi connectivity index (χ0) is 18.3. The Morgan fingerprint density at radius 2 is 1.88 bits per heavy atom. The second-order valence-electron chi connectivity index (χ2n) is 7.10. The van der Waals surface area contributed by atoms with Gasteiger partial charge in [0.1, 0.15) is 0 Å². The molecule has 26 heavy (non-hydrogen) atoms. The van der Waals surface area contributed by atoms with Gasteiger partial charge in [-0.1, -0.05) is 41.4 Å². The van der Waals surface area contributed by atoms with Crippen LogP contribution in [0.15, 0.2) is 36.4 Å². The summed E-state index contributed by atoms with van der Waals surface area (Å²) in [5.74, 6) is -0.888. The minimum absolute atomic E-state index is 0.201. The summed E-state index contributed by atoms with van der Waals surface area (Å²) in [6.45, 7) is 3.93. The number of carboxylic acids is 1. The first-order chi connectivity index (χ1) is 12.5. The molecular formula is C20H20Cl2N2O2. The largest absolute Gasteiger partial charge is 0.481 e. The molecule has 2 heterocycles. The minimum atomic E-state index is -0.686. The molecule has 2 aliphatic heterocycles. The highest BCUT2D eigenvalue weighted by molar-refractivity contribution is 6.42. The van der Waals surface area contributed by atoms with E-state index < -0.39 is 5.97 Å². The van der Waals surface area contributed by atoms with E-state index in [0.717, 1.165) is 31.7 Å². The lowest BCUT2D eigenvalue weighted by Crippen LogP contribution is -2.49. The highest BCUT2D eigenvalue weighted by atomic mass is 35.5. The van der Waals surface area contributed by atoms with E-state index in [-0.39, 0.29) is 5.92 Å². The van der Waals surface area contributed by atoms with Crippen LogP contribution in [0.2, 0.25) is 10.0 Å². The SMILES string of the molecule is O=C(O)C1CN(Cc2ccc3c(c2)CCN(c2ccc(Cl)c(Cl)c2)C3)C1. The Labute approximate surface area is 162 Å². The predicted molar refractivity (Wildman–Crippen MR) is 104 cm³/mol. The van der Waals surface area contributed by atoms with Gasteiger partial charge < -0.3 is 10.0 Å². The van der Waals surface area contributed by atoms with E-state index in [2.05, 4.69) is 28.0 Å². The molecular weight excluding hydrogens is 371 g/mol. The molecule has 4 rings (SSSR count). The number of rotatable bonds is 4. The molecule has 0 radical (unpaired) electrons. The van der Waals surface area contributed by atoms with Gasteiger partial charge >= 0.3 is 5.97 Å². The van der Waals surface area contributed by atoms with Crippen molar-refractivity contribution in [3.05, 3.63) is 63.1 Å². The van der Waals surface area contributed by atoms with Crippen LogP contribution in [0.1, 0.15) is 16.7 Å². The molecule has 2 aromatic rings. The molecule has 6 heteroatoms. The van der Waals surface area contributed by atoms with Crippen LogP contribution in [-0.4, -0.2) is 35.6 Å². The van der Waals surface area contributed by atoms with Gasteiger partial charge in [0, 0.05) is 38.4 Å². The number of aliphatic carboxylic acids is 1. The van der Waals surface area contributed by atoms with Gasteiger partial charge in [0.2, 0.25) is 0 Å². The standard InChI is InChI=1S/C20H20Cl2N2O2/c21-18-4-3-17(8-19(18)22)24-6-5-14-7-13(1-2-15(14)12-24)9-23-10-16(11-23)20(25)26/h1-4,7-8,16H,5-6,9-12H2,(H,25,26). The Bertz CT molecular complexity index is 850. The molecule has 1 saturated heterocycles. The molecule has 4 nitrogen and oxygen atoms in total. The number of carboxylic acid groups (broad SMARTS) is 1. The summed E-state index contributed by atoms with van der Waals surface area (Å²) >= 11 is 12.2. The Morgan fingerprint density at radius 3 is 2.62 bits per heavy atom. The Hall–Kier alpha value is -1.75. The van der Waals surface area contributed by atoms with Crippen molar-refractivity contribution in [2.24, 2.45) is 5.92 Å². The number of halogens is 2. The second kappa shape index (κ2) is 7.10. The smallest absolute Gasteiger partial charge is 0.309 e. The molecule has 0 bridgehead atoms. The number of carbonyl (C=O) groups is 1. The molecule has 0 unspecified atom stereocenters. The first-order valence-electron chi connectivity index (χ1n) is 8.75. The molecule has 0 spiro atoms. The van der Waals surface area contributed by atoms with Crippen LogP contribution in [0.4, 0.5) is 5.69 Å². The number of fused-ring (bicyclic) bond motifs is 1. The van der Waals surface area contributed by atoms with Gasteiger partial charge in [-0.15, -0.1) is 0 Å². The third-order valence-corrected chi connectivity index (χ3v) is 6.00. The van der Waals surface area contributed by atoms with Gasteiger partial charge in [0.05, 0.1) is 16.0 Å². The maximum absolute atomic E-state index is 10.9. The number of benzene rings is 2. The lowest BCUT2D eigenvalue weighted by atomic mass is 9.95. The van der Waals surface area contributed by atoms with Crippen molar-refractivity contribution in [3.8, 4) is 0 Å². The molecule has 1 N–H and O–H groups in total. The average Bonchev–Trinajstić information content (AvgIpc) is 2.59. The van der Waals surface area contributed by atoms with Gasteiger partial charge in [-0.25, -0.2) is 0 Å². The summed E-state index contributed by atoms with van der Waals surface area (Å²) in [5.41, 5.74) is 5.07. The Morgan fingerprint density at radius 1 is 1.08 bits per heavy atom. The summed E-state index contributed by atoms with van der Waals surface area (Å²) in [6.07, 6.45) is 0.987. The number of likely N-dealkylation sites (tertiary alicyclic amines) is 1. The van der Waals surface area contributed by atoms with Gasteiger partial charge in [0.25, 0.3) is 0 Å². The van der Waals surface area contributed by atoms with Crippen LogP contribution in [0.25, 0.3) is 0 Å². The highest BCUT2D eigenvalue weighted by Crippen LogP contribution is 2.31. The summed E-state index contributed by atoms with van der Waals surface area (Å²) < 4.78 is 0. The highest BCUT2D eigenvalue weighted by Gasteiger charge is 2.32. The Balaban J connectivity index is 1.42. The van der Waals surface area contributed by atoms with Crippen LogP contribution in [0, 0.1) is 5.92 Å². The van der Waals surface area contributed by atoms with Crippen molar-refractivity contribution < 1.29 is 9.90 Å². The molecule has 136 valence electrons. The molecule has 0 saturated carbocycles. The van der Waals surface area contributed by atoms with Crippen molar-refractivity contribution >= 4 is 34.9 Å². The molecule has 0 amide bonds. The molecule has 1 fully saturated rings. The van der Waals surface area contributed by atoms with Gasteiger partial charge in [-0.3, -0.25) is 9.69 Å². The summed E-state index contributed by atoms with van der Waals surface area (Å²) in [4.78, 5) is 15.4. The summed E-state index contributed by atoms with van der Waals surface area (Å²) in [5, 5.41) is 10.1. The third kappa shape index (κ3) is 3.54. The monoisotopic (exact) mass is 390 g/mol. The van der Waals surface area contributed by atoms with E-state index in [4.69, 9.17) is 28.3 Å². The predicted octanol–water partition coefficient (Wildman–Crippen LogP) is 4.07. The maximum atomic E-state index is 10.9. The van der Waals surface area contributed by atoms with Crippen LogP contribution in [0.5, 0.6) is 0 Å². The van der Waals surface area contributed by atoms with Gasteiger partial charge in [0.15, 0.2) is 0 Å². The Kier molecular flexibility index (Phi) is 4.82. The molecule has 2 aromatic carbocycles. The zero-order valence-corrected chi connectivity index (χ0v) is 15.8. The van der Waals surface area contributed by atoms with Crippen molar-refractivity contribution in [1.82, 2.24) is 4.90 Å². The molecule has 0 aromatic heterocycles.